The Kier molecular flexibility index (Phi) is 4.22. The molecule has 0 aliphatic heterocycles. The number of halogens is 3. The summed E-state index contributed by atoms with van der Waals surface area (Å²) in [6.45, 7) is 0. The van der Waals surface area contributed by atoms with Gasteiger partial charge in [-0.3, -0.25) is 9.78 Å². The highest BCUT2D eigenvalue weighted by atomic mass is 32.1. The van der Waals surface area contributed by atoms with Gasteiger partial charge in [-0.05, 0) is 18.2 Å². The molecule has 110 valence electrons. The predicted octanol–water partition coefficient (Wildman–Crippen LogP) is 3.42. The van der Waals surface area contributed by atoms with E-state index in [1.54, 1.807) is 0 Å². The van der Waals surface area contributed by atoms with Crippen LogP contribution in [-0.2, 0) is 6.18 Å². The van der Waals surface area contributed by atoms with Gasteiger partial charge >= 0.3 is 6.18 Å². The third-order valence-corrected chi connectivity index (χ3v) is 3.22. The van der Waals surface area contributed by atoms with Gasteiger partial charge in [0, 0.05) is 41.0 Å². The van der Waals surface area contributed by atoms with Gasteiger partial charge in [-0.15, -0.1) is 12.6 Å². The Hall–Kier alpha value is -2.02. The summed E-state index contributed by atoms with van der Waals surface area (Å²) in [6.07, 6.45) is -1.82. The summed E-state index contributed by atoms with van der Waals surface area (Å²) in [4.78, 5) is 15.5. The summed E-state index contributed by atoms with van der Waals surface area (Å²) < 4.78 is 39.8. The van der Waals surface area contributed by atoms with Gasteiger partial charge in [0.25, 0.3) is 5.91 Å². The first-order chi connectivity index (χ1) is 9.84. The summed E-state index contributed by atoms with van der Waals surface area (Å²) >= 11 is 4.11. The van der Waals surface area contributed by atoms with E-state index in [4.69, 9.17) is 0 Å². The van der Waals surface area contributed by atoms with Crippen LogP contribution in [0.2, 0.25) is 0 Å². The Morgan fingerprint density at radius 3 is 2.57 bits per heavy atom. The molecule has 0 unspecified atom stereocenters. The monoisotopic (exact) mass is 312 g/mol. The van der Waals surface area contributed by atoms with Crippen molar-refractivity contribution >= 4 is 18.5 Å². The number of hydrogen-bond donors (Lipinski definition) is 2. The molecule has 0 saturated carbocycles. The van der Waals surface area contributed by atoms with Crippen molar-refractivity contribution in [3.05, 3.63) is 47.8 Å². The average molecular weight is 312 g/mol. The molecule has 1 amide bonds. The molecule has 0 aliphatic carbocycles. The third kappa shape index (κ3) is 3.18. The molecule has 1 aromatic carbocycles. The molecule has 2 rings (SSSR count). The van der Waals surface area contributed by atoms with Crippen LogP contribution in [0.1, 0.15) is 15.9 Å². The van der Waals surface area contributed by atoms with Crippen molar-refractivity contribution in [1.29, 1.82) is 0 Å². The Morgan fingerprint density at radius 1 is 1.33 bits per heavy atom. The second kappa shape index (κ2) is 5.77. The van der Waals surface area contributed by atoms with Crippen LogP contribution >= 0.6 is 12.6 Å². The quantitative estimate of drug-likeness (QED) is 0.835. The first-order valence-corrected chi connectivity index (χ1v) is 6.36. The predicted molar refractivity (Wildman–Crippen MR) is 75.3 cm³/mol. The van der Waals surface area contributed by atoms with E-state index < -0.39 is 17.6 Å². The SMILES string of the molecule is CNC(=O)c1cc(S)c(-c2cccnc2)c(C(F)(F)F)c1. The van der Waals surface area contributed by atoms with Crippen LogP contribution in [0.3, 0.4) is 0 Å². The number of amides is 1. The number of thiol groups is 1. The summed E-state index contributed by atoms with van der Waals surface area (Å²) in [5, 5.41) is 2.29. The summed E-state index contributed by atoms with van der Waals surface area (Å²) in [5.41, 5.74) is -0.811. The van der Waals surface area contributed by atoms with Gasteiger partial charge in [0.15, 0.2) is 0 Å². The number of nitrogens with one attached hydrogen (secondary N) is 1. The van der Waals surface area contributed by atoms with Crippen molar-refractivity contribution in [1.82, 2.24) is 10.3 Å². The van der Waals surface area contributed by atoms with Crippen LogP contribution in [0.5, 0.6) is 0 Å². The van der Waals surface area contributed by atoms with Gasteiger partial charge in [-0.2, -0.15) is 13.2 Å². The minimum atomic E-state index is -4.60. The van der Waals surface area contributed by atoms with Crippen LogP contribution in [0.15, 0.2) is 41.6 Å². The maximum Gasteiger partial charge on any atom is 0.417 e. The lowest BCUT2D eigenvalue weighted by Gasteiger charge is -2.16. The zero-order valence-corrected chi connectivity index (χ0v) is 11.8. The first-order valence-electron chi connectivity index (χ1n) is 5.91. The fraction of sp³-hybridized carbons (Fsp3) is 0.143. The lowest BCUT2D eigenvalue weighted by molar-refractivity contribution is -0.137. The average Bonchev–Trinajstić information content (AvgIpc) is 2.45. The van der Waals surface area contributed by atoms with Crippen LogP contribution in [0.4, 0.5) is 13.2 Å². The van der Waals surface area contributed by atoms with Crippen molar-refractivity contribution in [2.75, 3.05) is 7.05 Å². The lowest BCUT2D eigenvalue weighted by atomic mass is 9.97. The van der Waals surface area contributed by atoms with Gasteiger partial charge in [0.2, 0.25) is 0 Å². The molecular formula is C14H11F3N2OS. The van der Waals surface area contributed by atoms with Crippen LogP contribution < -0.4 is 5.32 Å². The summed E-state index contributed by atoms with van der Waals surface area (Å²) in [6, 6.07) is 5.17. The summed E-state index contributed by atoms with van der Waals surface area (Å²) in [7, 11) is 1.35. The van der Waals surface area contributed by atoms with E-state index in [1.165, 1.54) is 37.6 Å². The molecule has 21 heavy (non-hydrogen) atoms. The van der Waals surface area contributed by atoms with Crippen molar-refractivity contribution in [2.45, 2.75) is 11.1 Å². The van der Waals surface area contributed by atoms with Crippen molar-refractivity contribution in [2.24, 2.45) is 0 Å². The molecule has 7 heteroatoms. The van der Waals surface area contributed by atoms with Gasteiger partial charge in [-0.1, -0.05) is 6.07 Å². The Morgan fingerprint density at radius 2 is 2.05 bits per heavy atom. The van der Waals surface area contributed by atoms with E-state index in [-0.39, 0.29) is 16.0 Å². The number of hydrogen-bond acceptors (Lipinski definition) is 3. The van der Waals surface area contributed by atoms with E-state index in [2.05, 4.69) is 22.9 Å². The highest BCUT2D eigenvalue weighted by Crippen LogP contribution is 2.40. The zero-order chi connectivity index (χ0) is 15.6. The molecular weight excluding hydrogens is 301 g/mol. The van der Waals surface area contributed by atoms with Crippen molar-refractivity contribution in [3.8, 4) is 11.1 Å². The van der Waals surface area contributed by atoms with E-state index in [0.29, 0.717) is 5.56 Å². The highest BCUT2D eigenvalue weighted by molar-refractivity contribution is 7.80. The number of pyridine rings is 1. The normalized spacial score (nSPS) is 11.3. The van der Waals surface area contributed by atoms with E-state index in [1.807, 2.05) is 0 Å². The lowest BCUT2D eigenvalue weighted by Crippen LogP contribution is -2.19. The second-order valence-electron chi connectivity index (χ2n) is 4.24. The number of carbonyl (C=O) groups is 1. The molecule has 1 N–H and O–H groups in total. The van der Waals surface area contributed by atoms with Gasteiger partial charge in [0.1, 0.15) is 0 Å². The standard InChI is InChI=1S/C14H11F3N2OS/c1-18-13(20)9-5-10(14(15,16)17)12(11(21)6-9)8-3-2-4-19-7-8/h2-7,21H,1H3,(H,18,20). The number of rotatable bonds is 2. The van der Waals surface area contributed by atoms with Gasteiger partial charge < -0.3 is 5.32 Å². The molecule has 1 aromatic heterocycles. The minimum absolute atomic E-state index is 0.0661. The largest absolute Gasteiger partial charge is 0.417 e. The van der Waals surface area contributed by atoms with Crippen LogP contribution in [-0.4, -0.2) is 17.9 Å². The summed E-state index contributed by atoms with van der Waals surface area (Å²) in [5.74, 6) is -0.603. The van der Waals surface area contributed by atoms with E-state index >= 15 is 0 Å². The van der Waals surface area contributed by atoms with E-state index in [9.17, 15) is 18.0 Å². The number of alkyl halides is 3. The highest BCUT2D eigenvalue weighted by Gasteiger charge is 2.35. The maximum atomic E-state index is 13.3. The van der Waals surface area contributed by atoms with Crippen LogP contribution in [0, 0.1) is 0 Å². The van der Waals surface area contributed by atoms with Gasteiger partial charge in [0.05, 0.1) is 5.56 Å². The number of carbonyl (C=O) groups excluding carboxylic acids is 1. The fourth-order valence-electron chi connectivity index (χ4n) is 1.94. The molecule has 0 saturated heterocycles. The van der Waals surface area contributed by atoms with Crippen LogP contribution in [0.25, 0.3) is 11.1 Å². The molecule has 0 atom stereocenters. The molecule has 0 radical (unpaired) electrons. The molecule has 0 spiro atoms. The fourth-order valence-corrected chi connectivity index (χ4v) is 2.33. The molecule has 0 bridgehead atoms. The molecule has 1 heterocycles. The Labute approximate surface area is 124 Å². The Balaban J connectivity index is 2.73. The number of aromatic nitrogens is 1. The minimum Gasteiger partial charge on any atom is -0.355 e. The molecule has 2 aromatic rings. The zero-order valence-electron chi connectivity index (χ0n) is 10.9. The second-order valence-corrected chi connectivity index (χ2v) is 4.72. The number of benzene rings is 1. The smallest absolute Gasteiger partial charge is 0.355 e. The van der Waals surface area contributed by atoms with Crippen molar-refractivity contribution < 1.29 is 18.0 Å². The molecule has 0 fully saturated rings. The van der Waals surface area contributed by atoms with Crippen molar-refractivity contribution in [3.63, 3.8) is 0 Å². The van der Waals surface area contributed by atoms with Gasteiger partial charge in [-0.25, -0.2) is 0 Å². The van der Waals surface area contributed by atoms with E-state index in [0.717, 1.165) is 6.07 Å². The molecule has 0 aliphatic rings. The third-order valence-electron chi connectivity index (χ3n) is 2.86. The Bertz CT molecular complexity index is 672. The molecule has 3 nitrogen and oxygen atoms in total. The number of nitrogens with zero attached hydrogens (tertiary/aromatic N) is 1. The first kappa shape index (κ1) is 15.4. The maximum absolute atomic E-state index is 13.3. The topological polar surface area (TPSA) is 42.0 Å².